The molecule has 6 heteroatoms. The lowest BCUT2D eigenvalue weighted by atomic mass is 9.78. The zero-order chi connectivity index (χ0) is 16.2. The van der Waals surface area contributed by atoms with Crippen molar-refractivity contribution < 1.29 is 14.9 Å². The van der Waals surface area contributed by atoms with E-state index in [1.165, 1.54) is 0 Å². The molecule has 0 aromatic heterocycles. The van der Waals surface area contributed by atoms with Crippen LogP contribution < -0.4 is 5.23 Å². The van der Waals surface area contributed by atoms with Gasteiger partial charge in [-0.15, -0.1) is 0 Å². The number of likely N-dealkylation sites (tertiary alicyclic amines) is 1. The first-order valence-corrected chi connectivity index (χ1v) is 7.87. The van der Waals surface area contributed by atoms with Gasteiger partial charge in [-0.05, 0) is 29.5 Å². The predicted octanol–water partition coefficient (Wildman–Crippen LogP) is 0.576. The topological polar surface area (TPSA) is 72.8 Å². The highest BCUT2D eigenvalue weighted by Crippen LogP contribution is 2.64. The molecular formula is C15H29BN2O3. The molecule has 3 N–H and O–H groups in total. The van der Waals surface area contributed by atoms with Gasteiger partial charge in [0, 0.05) is 6.54 Å². The van der Waals surface area contributed by atoms with Crippen LogP contribution in [-0.2, 0) is 4.79 Å². The van der Waals surface area contributed by atoms with E-state index in [4.69, 9.17) is 0 Å². The number of hydrogen-bond acceptors (Lipinski definition) is 4. The number of piperidine rings is 1. The molecule has 0 bridgehead atoms. The van der Waals surface area contributed by atoms with E-state index in [2.05, 4.69) is 19.1 Å². The Hall–Kier alpha value is -0.585. The number of fused-ring (bicyclic) bond motifs is 1. The molecular weight excluding hydrogens is 267 g/mol. The third-order valence-electron chi connectivity index (χ3n) is 5.34. The summed E-state index contributed by atoms with van der Waals surface area (Å²) in [5.41, 5.74) is -0.0600. The minimum absolute atomic E-state index is 0.00884. The van der Waals surface area contributed by atoms with Crippen molar-refractivity contribution in [1.29, 1.82) is 0 Å². The van der Waals surface area contributed by atoms with Crippen molar-refractivity contribution in [1.82, 2.24) is 10.1 Å². The number of rotatable bonds is 4. The molecule has 0 aromatic carbocycles. The van der Waals surface area contributed by atoms with Gasteiger partial charge in [-0.1, -0.05) is 34.6 Å². The second-order valence-electron chi connectivity index (χ2n) is 8.34. The van der Waals surface area contributed by atoms with E-state index in [1.807, 2.05) is 25.7 Å². The monoisotopic (exact) mass is 296 g/mol. The summed E-state index contributed by atoms with van der Waals surface area (Å²) in [6.45, 7) is 12.7. The van der Waals surface area contributed by atoms with Crippen LogP contribution in [0.15, 0.2) is 0 Å². The molecule has 1 saturated heterocycles. The van der Waals surface area contributed by atoms with Gasteiger partial charge in [0.1, 0.15) is 0 Å². The first-order chi connectivity index (χ1) is 9.51. The molecule has 1 heterocycles. The molecule has 120 valence electrons. The van der Waals surface area contributed by atoms with Crippen LogP contribution >= 0.6 is 0 Å². The quantitative estimate of drug-likeness (QED) is 0.663. The van der Waals surface area contributed by atoms with Crippen LogP contribution in [0, 0.1) is 22.7 Å². The fourth-order valence-corrected chi connectivity index (χ4v) is 4.00. The molecule has 1 amide bonds. The molecule has 1 aliphatic heterocycles. The Morgan fingerprint density at radius 2 is 2.05 bits per heavy atom. The Balaban J connectivity index is 2.15. The summed E-state index contributed by atoms with van der Waals surface area (Å²) >= 11 is 0. The van der Waals surface area contributed by atoms with E-state index in [0.717, 1.165) is 6.54 Å². The number of aliphatic hydroxyl groups is 1. The molecule has 1 saturated carbocycles. The van der Waals surface area contributed by atoms with E-state index < -0.39 is 13.1 Å². The third kappa shape index (κ3) is 2.85. The van der Waals surface area contributed by atoms with Crippen LogP contribution in [0.1, 0.15) is 34.6 Å². The van der Waals surface area contributed by atoms with Crippen molar-refractivity contribution in [3.05, 3.63) is 0 Å². The Labute approximate surface area is 128 Å². The zero-order valence-corrected chi connectivity index (χ0v) is 14.1. The van der Waals surface area contributed by atoms with Gasteiger partial charge < -0.3 is 20.3 Å². The molecule has 21 heavy (non-hydrogen) atoms. The summed E-state index contributed by atoms with van der Waals surface area (Å²) in [5.74, 6) is 0.884. The number of aliphatic hydroxyl groups excluding tert-OH is 1. The van der Waals surface area contributed by atoms with Crippen molar-refractivity contribution in [2.45, 2.75) is 53.5 Å². The van der Waals surface area contributed by atoms with Gasteiger partial charge >= 0.3 is 7.05 Å². The van der Waals surface area contributed by atoms with Gasteiger partial charge in [-0.25, -0.2) is 0 Å². The van der Waals surface area contributed by atoms with Crippen molar-refractivity contribution in [3.8, 4) is 0 Å². The molecule has 0 spiro atoms. The summed E-state index contributed by atoms with van der Waals surface area (Å²) in [5, 5.41) is 22.3. The molecule has 5 nitrogen and oxygen atoms in total. The van der Waals surface area contributed by atoms with E-state index in [1.54, 1.807) is 6.82 Å². The predicted molar refractivity (Wildman–Crippen MR) is 83.6 cm³/mol. The first kappa shape index (κ1) is 16.8. The van der Waals surface area contributed by atoms with Gasteiger partial charge in [0.25, 0.3) is 0 Å². The number of nitrogens with zero attached hydrogens (tertiary/aromatic N) is 1. The lowest BCUT2D eigenvalue weighted by molar-refractivity contribution is -0.138. The normalized spacial score (nSPS) is 31.8. The maximum absolute atomic E-state index is 12.9. The van der Waals surface area contributed by atoms with Gasteiger partial charge in [0.15, 0.2) is 0 Å². The highest BCUT2D eigenvalue weighted by molar-refractivity contribution is 6.46. The molecule has 2 fully saturated rings. The minimum Gasteiger partial charge on any atom is -0.437 e. The third-order valence-corrected chi connectivity index (χ3v) is 5.34. The van der Waals surface area contributed by atoms with Gasteiger partial charge in [0.2, 0.25) is 5.91 Å². The Bertz CT molecular complexity index is 420. The van der Waals surface area contributed by atoms with E-state index >= 15 is 0 Å². The summed E-state index contributed by atoms with van der Waals surface area (Å²) in [7, 11) is -0.737. The van der Waals surface area contributed by atoms with Crippen LogP contribution in [0.4, 0.5) is 0 Å². The van der Waals surface area contributed by atoms with Crippen molar-refractivity contribution in [2.24, 2.45) is 22.7 Å². The largest absolute Gasteiger partial charge is 0.437 e. The highest BCUT2D eigenvalue weighted by Gasteiger charge is 2.67. The van der Waals surface area contributed by atoms with Crippen LogP contribution in [-0.4, -0.2) is 53.2 Å². The van der Waals surface area contributed by atoms with Crippen LogP contribution in [0.3, 0.4) is 0 Å². The second kappa shape index (κ2) is 5.25. The Morgan fingerprint density at radius 3 is 2.48 bits per heavy atom. The average Bonchev–Trinajstić information content (AvgIpc) is 2.74. The molecule has 0 unspecified atom stereocenters. The lowest BCUT2D eigenvalue weighted by Crippen LogP contribution is -2.58. The molecule has 0 radical (unpaired) electrons. The number of carbonyl (C=O) groups is 1. The number of nitrogens with one attached hydrogen (secondary N) is 1. The second-order valence-corrected chi connectivity index (χ2v) is 8.34. The number of hydrogen-bond donors (Lipinski definition) is 3. The van der Waals surface area contributed by atoms with Gasteiger partial charge in [-0.2, -0.15) is 0 Å². The maximum Gasteiger partial charge on any atom is 0.374 e. The Morgan fingerprint density at radius 1 is 1.48 bits per heavy atom. The van der Waals surface area contributed by atoms with E-state index in [0.29, 0.717) is 11.8 Å². The highest BCUT2D eigenvalue weighted by atomic mass is 16.3. The first-order valence-electron chi connectivity index (χ1n) is 7.87. The van der Waals surface area contributed by atoms with Crippen molar-refractivity contribution >= 4 is 13.0 Å². The van der Waals surface area contributed by atoms with Crippen molar-refractivity contribution in [3.63, 3.8) is 0 Å². The van der Waals surface area contributed by atoms with Crippen LogP contribution in [0.25, 0.3) is 0 Å². The zero-order valence-electron chi connectivity index (χ0n) is 14.1. The number of amides is 1. The summed E-state index contributed by atoms with van der Waals surface area (Å²) in [6, 6.07) is -0.537. The average molecular weight is 296 g/mol. The SMILES string of the molecule is CB(O)N[C@H](C(=O)N1C[C@H]2[C@@H]([C@H]1CO)C2(C)C)C(C)(C)C. The summed E-state index contributed by atoms with van der Waals surface area (Å²) in [6.07, 6.45) is 0. The number of carbonyl (C=O) groups excluding carboxylic acids is 1. The summed E-state index contributed by atoms with van der Waals surface area (Å²) < 4.78 is 0. The van der Waals surface area contributed by atoms with Crippen LogP contribution in [0.5, 0.6) is 0 Å². The Kier molecular flexibility index (Phi) is 4.19. The molecule has 1 aliphatic carbocycles. The molecule has 2 rings (SSSR count). The van der Waals surface area contributed by atoms with E-state index in [-0.39, 0.29) is 29.4 Å². The molecule has 2 aliphatic rings. The molecule has 0 aromatic rings. The lowest BCUT2D eigenvalue weighted by Gasteiger charge is -2.38. The van der Waals surface area contributed by atoms with Gasteiger partial charge in [-0.3, -0.25) is 4.79 Å². The minimum atomic E-state index is -0.737. The molecule has 4 atom stereocenters. The fraction of sp³-hybridized carbons (Fsp3) is 0.933. The van der Waals surface area contributed by atoms with Gasteiger partial charge in [0.05, 0.1) is 18.7 Å². The smallest absolute Gasteiger partial charge is 0.374 e. The van der Waals surface area contributed by atoms with Crippen LogP contribution in [0.2, 0.25) is 6.82 Å². The van der Waals surface area contributed by atoms with Crippen molar-refractivity contribution in [2.75, 3.05) is 13.2 Å². The maximum atomic E-state index is 12.9. The standard InChI is InChI=1S/C15H29BN2O3/c1-14(2,3)12(17-16(6)21)13(20)18-7-9-11(10(18)8-19)15(9,4)5/h9-12,17,19,21H,7-8H2,1-6H3/t9-,10+,11-,12+/m0/s1. The summed E-state index contributed by atoms with van der Waals surface area (Å²) in [4.78, 5) is 14.7. The van der Waals surface area contributed by atoms with E-state index in [9.17, 15) is 14.9 Å². The fourth-order valence-electron chi connectivity index (χ4n) is 4.00.